The van der Waals surface area contributed by atoms with E-state index in [2.05, 4.69) is 98.8 Å². The Labute approximate surface area is 364 Å². The van der Waals surface area contributed by atoms with Gasteiger partial charge in [-0.25, -0.2) is 0 Å². The molecule has 0 amide bonds. The molecule has 0 spiro atoms. The summed E-state index contributed by atoms with van der Waals surface area (Å²) in [4.78, 5) is 8.76. The summed E-state index contributed by atoms with van der Waals surface area (Å²) in [6.45, 7) is 4.60. The molecule has 4 heteroatoms. The molecule has 0 fully saturated rings. The van der Waals surface area contributed by atoms with E-state index in [-0.39, 0.29) is 0 Å². The van der Waals surface area contributed by atoms with Crippen LogP contribution in [0.1, 0.15) is 152 Å². The summed E-state index contributed by atoms with van der Waals surface area (Å²) in [5, 5.41) is 10.9. The Bertz CT molecular complexity index is 2340. The van der Waals surface area contributed by atoms with Gasteiger partial charge in [0.2, 0.25) is 0 Å². The molecule has 4 heterocycles. The van der Waals surface area contributed by atoms with Crippen LogP contribution in [-0.4, -0.2) is 0 Å². The third-order valence-corrected chi connectivity index (χ3v) is 17.3. The fourth-order valence-corrected chi connectivity index (χ4v) is 13.5. The topological polar surface area (TPSA) is 0 Å². The van der Waals surface area contributed by atoms with Crippen molar-refractivity contribution in [3.8, 4) is 19.5 Å². The fourth-order valence-electron chi connectivity index (χ4n) is 9.05. The molecule has 0 bridgehead atoms. The Kier molecular flexibility index (Phi) is 15.1. The van der Waals surface area contributed by atoms with Gasteiger partial charge in [-0.2, -0.15) is 0 Å². The Hall–Kier alpha value is -3.02. The van der Waals surface area contributed by atoms with Crippen molar-refractivity contribution in [2.45, 2.75) is 155 Å². The molecule has 0 radical (unpaired) electrons. The number of hydrogen-bond donors (Lipinski definition) is 0. The Balaban J connectivity index is 0.907. The first-order chi connectivity index (χ1) is 28.7. The molecule has 0 nitrogen and oxygen atoms in total. The van der Waals surface area contributed by atoms with E-state index in [1.165, 1.54) is 213 Å². The van der Waals surface area contributed by atoms with Gasteiger partial charge in [-0.3, -0.25) is 0 Å². The summed E-state index contributed by atoms with van der Waals surface area (Å²) in [5.41, 5.74) is 0. The van der Waals surface area contributed by atoms with Gasteiger partial charge in [-0.15, -0.1) is 45.3 Å². The highest BCUT2D eigenvalue weighted by Gasteiger charge is 2.14. The first-order valence-electron chi connectivity index (χ1n) is 23.1. The number of unbranched alkanes of at least 4 members (excludes halogenated alkanes) is 18. The smallest absolute Gasteiger partial charge is 0.0455 e. The molecule has 8 rings (SSSR count). The van der Waals surface area contributed by atoms with E-state index >= 15 is 0 Å². The number of aryl methyl sites for hydroxylation is 2. The maximum Gasteiger partial charge on any atom is 0.0455 e. The molecule has 0 aliphatic carbocycles. The highest BCUT2D eigenvalue weighted by atomic mass is 32.1. The maximum absolute atomic E-state index is 2.47. The Morgan fingerprint density at radius 1 is 0.293 bits per heavy atom. The standard InChI is InChI=1S/C54H64S4/c1-3-5-7-9-11-13-15-17-19-21-23-43-27-31-49(55-43)53-35-41-33-39-25-29-46-45(47(39)37-51(41)57-53)30-26-40-34-42-36-54(58-52(42)38-48(40)46)50-32-28-44(56-50)24-22-20-18-16-14-12-10-8-6-4-2/h25-38H,3-24H2,1-2H3. The van der Waals surface area contributed by atoms with Crippen LogP contribution in [0.25, 0.3) is 72.0 Å². The molecule has 4 aromatic carbocycles. The van der Waals surface area contributed by atoms with Crippen LogP contribution in [0.15, 0.2) is 84.9 Å². The minimum Gasteiger partial charge on any atom is -0.139 e. The van der Waals surface area contributed by atoms with E-state index in [0.717, 1.165) is 0 Å². The molecule has 0 aliphatic rings. The molecular weight excluding hydrogens is 777 g/mol. The Morgan fingerprint density at radius 3 is 1.07 bits per heavy atom. The van der Waals surface area contributed by atoms with Crippen LogP contribution in [0.3, 0.4) is 0 Å². The molecular formula is C54H64S4. The summed E-state index contributed by atoms with van der Waals surface area (Å²) >= 11 is 7.95. The maximum atomic E-state index is 2.47. The number of hydrogen-bond acceptors (Lipinski definition) is 4. The van der Waals surface area contributed by atoms with Gasteiger partial charge in [0.05, 0.1) is 0 Å². The first kappa shape index (κ1) is 41.7. The lowest BCUT2D eigenvalue weighted by Gasteiger charge is -2.08. The molecule has 4 aromatic heterocycles. The summed E-state index contributed by atoms with van der Waals surface area (Å²) in [7, 11) is 0. The summed E-state index contributed by atoms with van der Waals surface area (Å²) in [5.74, 6) is 0. The van der Waals surface area contributed by atoms with E-state index in [1.54, 1.807) is 9.75 Å². The molecule has 0 atom stereocenters. The highest BCUT2D eigenvalue weighted by molar-refractivity contribution is 7.26. The second-order valence-electron chi connectivity index (χ2n) is 17.1. The van der Waals surface area contributed by atoms with Crippen molar-refractivity contribution >= 4 is 97.8 Å². The van der Waals surface area contributed by atoms with Crippen molar-refractivity contribution in [1.82, 2.24) is 0 Å². The van der Waals surface area contributed by atoms with Crippen LogP contribution in [0.4, 0.5) is 0 Å². The average Bonchev–Trinajstić information content (AvgIpc) is 4.07. The summed E-state index contributed by atoms with van der Waals surface area (Å²) < 4.78 is 2.78. The second-order valence-corrected chi connectivity index (χ2v) is 21.6. The lowest BCUT2D eigenvalue weighted by atomic mass is 9.96. The molecule has 0 N–H and O–H groups in total. The molecule has 0 saturated heterocycles. The van der Waals surface area contributed by atoms with Crippen molar-refractivity contribution < 1.29 is 0 Å². The monoisotopic (exact) mass is 840 g/mol. The molecule has 58 heavy (non-hydrogen) atoms. The summed E-state index contributed by atoms with van der Waals surface area (Å²) in [6.07, 6.45) is 30.4. The van der Waals surface area contributed by atoms with Crippen LogP contribution in [0.2, 0.25) is 0 Å². The molecule has 0 saturated carbocycles. The van der Waals surface area contributed by atoms with Crippen LogP contribution in [-0.2, 0) is 12.8 Å². The quantitative estimate of drug-likeness (QED) is 0.0420. The van der Waals surface area contributed by atoms with E-state index in [1.807, 2.05) is 45.3 Å². The molecule has 0 aliphatic heterocycles. The van der Waals surface area contributed by atoms with Gasteiger partial charge in [0.1, 0.15) is 0 Å². The van der Waals surface area contributed by atoms with Crippen molar-refractivity contribution in [2.75, 3.05) is 0 Å². The van der Waals surface area contributed by atoms with E-state index in [9.17, 15) is 0 Å². The number of rotatable bonds is 24. The highest BCUT2D eigenvalue weighted by Crippen LogP contribution is 2.43. The van der Waals surface area contributed by atoms with Crippen molar-refractivity contribution in [2.24, 2.45) is 0 Å². The number of fused-ring (bicyclic) bond motifs is 7. The zero-order chi connectivity index (χ0) is 39.5. The Morgan fingerprint density at radius 2 is 0.672 bits per heavy atom. The molecule has 304 valence electrons. The number of thiophene rings is 4. The zero-order valence-electron chi connectivity index (χ0n) is 35.3. The van der Waals surface area contributed by atoms with E-state index in [0.29, 0.717) is 0 Å². The predicted octanol–water partition coefficient (Wildman–Crippen LogP) is 20.0. The van der Waals surface area contributed by atoms with Crippen LogP contribution >= 0.6 is 45.3 Å². The van der Waals surface area contributed by atoms with Crippen molar-refractivity contribution in [3.05, 3.63) is 94.7 Å². The predicted molar refractivity (Wildman–Crippen MR) is 267 cm³/mol. The molecule has 0 unspecified atom stereocenters. The van der Waals surface area contributed by atoms with Crippen LogP contribution in [0.5, 0.6) is 0 Å². The van der Waals surface area contributed by atoms with Gasteiger partial charge < -0.3 is 0 Å². The van der Waals surface area contributed by atoms with Gasteiger partial charge in [0, 0.05) is 38.7 Å². The fraction of sp³-hybridized carbons (Fsp3) is 0.444. The average molecular weight is 841 g/mol. The first-order valence-corrected chi connectivity index (χ1v) is 26.4. The van der Waals surface area contributed by atoms with Crippen molar-refractivity contribution in [3.63, 3.8) is 0 Å². The largest absolute Gasteiger partial charge is 0.139 e. The van der Waals surface area contributed by atoms with Gasteiger partial charge in [0.15, 0.2) is 0 Å². The molecule has 8 aromatic rings. The van der Waals surface area contributed by atoms with Gasteiger partial charge >= 0.3 is 0 Å². The lowest BCUT2D eigenvalue weighted by molar-refractivity contribution is 0.557. The van der Waals surface area contributed by atoms with E-state index in [4.69, 9.17) is 0 Å². The van der Waals surface area contributed by atoms with Crippen LogP contribution < -0.4 is 0 Å². The number of benzene rings is 4. The lowest BCUT2D eigenvalue weighted by Crippen LogP contribution is -1.84. The van der Waals surface area contributed by atoms with Crippen LogP contribution in [0, 0.1) is 0 Å². The minimum absolute atomic E-state index is 1.23. The third-order valence-electron chi connectivity index (χ3n) is 12.5. The van der Waals surface area contributed by atoms with Crippen molar-refractivity contribution in [1.29, 1.82) is 0 Å². The minimum atomic E-state index is 1.23. The zero-order valence-corrected chi connectivity index (χ0v) is 38.5. The van der Waals surface area contributed by atoms with Gasteiger partial charge in [0.25, 0.3) is 0 Å². The van der Waals surface area contributed by atoms with Gasteiger partial charge in [-0.1, -0.05) is 154 Å². The normalized spacial score (nSPS) is 12.1. The SMILES string of the molecule is CCCCCCCCCCCCc1ccc(-c2cc3cc4ccc5c6cc7sc(-c8ccc(CCCCCCCCCCCC)s8)cc7cc6ccc5c4cc3s2)s1. The third kappa shape index (κ3) is 10.5. The summed E-state index contributed by atoms with van der Waals surface area (Å²) in [6, 6.07) is 33.6. The second kappa shape index (κ2) is 21.0. The van der Waals surface area contributed by atoms with Gasteiger partial charge in [-0.05, 0) is 129 Å². The van der Waals surface area contributed by atoms with E-state index < -0.39 is 0 Å².